The largest absolute Gasteiger partial charge is 0.497 e. The smallest absolute Gasteiger partial charge is 0.120 e. The van der Waals surface area contributed by atoms with Crippen LogP contribution in [-0.4, -0.2) is 19.3 Å². The number of hydrogen-bond acceptors (Lipinski definition) is 3. The zero-order valence-electron chi connectivity index (χ0n) is 11.5. The maximum Gasteiger partial charge on any atom is 0.120 e. The molecule has 20 heavy (non-hydrogen) atoms. The molecule has 0 fully saturated rings. The van der Waals surface area contributed by atoms with Crippen LogP contribution in [0.2, 0.25) is 0 Å². The summed E-state index contributed by atoms with van der Waals surface area (Å²) in [6.07, 6.45) is -0.0512. The van der Waals surface area contributed by atoms with Gasteiger partial charge in [-0.3, -0.25) is 0 Å². The van der Waals surface area contributed by atoms with E-state index in [9.17, 15) is 5.11 Å². The number of methoxy groups -OCH3 is 2. The van der Waals surface area contributed by atoms with Crippen molar-refractivity contribution in [3.63, 3.8) is 0 Å². The lowest BCUT2D eigenvalue weighted by Crippen LogP contribution is -2.03. The van der Waals surface area contributed by atoms with E-state index in [1.54, 1.807) is 14.2 Å². The lowest BCUT2D eigenvalue weighted by atomic mass is 10.0. The number of hydrogen-bond donors (Lipinski definition) is 1. The van der Waals surface area contributed by atoms with E-state index < -0.39 is 6.10 Å². The van der Waals surface area contributed by atoms with Crippen molar-refractivity contribution in [2.75, 3.05) is 14.2 Å². The summed E-state index contributed by atoms with van der Waals surface area (Å²) >= 11 is 3.47. The van der Waals surface area contributed by atoms with E-state index in [1.807, 2.05) is 42.5 Å². The number of aliphatic hydroxyl groups is 1. The van der Waals surface area contributed by atoms with Crippen molar-refractivity contribution in [1.82, 2.24) is 0 Å². The fraction of sp³-hybridized carbons (Fsp3) is 0.250. The molecule has 1 atom stereocenters. The van der Waals surface area contributed by atoms with Crippen LogP contribution in [0, 0.1) is 0 Å². The van der Waals surface area contributed by atoms with Crippen molar-refractivity contribution in [3.05, 3.63) is 58.1 Å². The van der Waals surface area contributed by atoms with Crippen LogP contribution < -0.4 is 9.47 Å². The Hall–Kier alpha value is -1.52. The molecule has 2 aromatic rings. The minimum absolute atomic E-state index is 0.530. The predicted octanol–water partition coefficient (Wildman–Crippen LogP) is 3.74. The number of aliphatic hydroxyl groups excluding tert-OH is 1. The predicted molar refractivity (Wildman–Crippen MR) is 82.4 cm³/mol. The maximum absolute atomic E-state index is 10.4. The first-order chi connectivity index (χ1) is 9.63. The van der Waals surface area contributed by atoms with Gasteiger partial charge in [0.2, 0.25) is 0 Å². The number of rotatable bonds is 5. The normalized spacial score (nSPS) is 12.0. The SMILES string of the molecule is COc1cccc(CC(O)c2ccc(OC)cc2Br)c1. The second kappa shape index (κ2) is 6.77. The van der Waals surface area contributed by atoms with E-state index >= 15 is 0 Å². The van der Waals surface area contributed by atoms with E-state index in [0.29, 0.717) is 6.42 Å². The summed E-state index contributed by atoms with van der Waals surface area (Å²) in [7, 11) is 3.25. The van der Waals surface area contributed by atoms with E-state index in [-0.39, 0.29) is 0 Å². The van der Waals surface area contributed by atoms with Crippen LogP contribution in [0.5, 0.6) is 11.5 Å². The molecule has 1 unspecified atom stereocenters. The molecule has 4 heteroatoms. The van der Waals surface area contributed by atoms with E-state index in [2.05, 4.69) is 15.9 Å². The van der Waals surface area contributed by atoms with Gasteiger partial charge in [-0.2, -0.15) is 0 Å². The van der Waals surface area contributed by atoms with Crippen LogP contribution in [-0.2, 0) is 6.42 Å². The third-order valence-electron chi connectivity index (χ3n) is 3.13. The topological polar surface area (TPSA) is 38.7 Å². The van der Waals surface area contributed by atoms with Crippen LogP contribution >= 0.6 is 15.9 Å². The Labute approximate surface area is 127 Å². The number of benzene rings is 2. The first-order valence-electron chi connectivity index (χ1n) is 6.28. The Balaban J connectivity index is 2.16. The standard InChI is InChI=1S/C16H17BrO3/c1-19-12-5-3-4-11(8-12)9-16(18)14-7-6-13(20-2)10-15(14)17/h3-8,10,16,18H,9H2,1-2H3. The van der Waals surface area contributed by atoms with Gasteiger partial charge in [-0.1, -0.05) is 34.1 Å². The van der Waals surface area contributed by atoms with Gasteiger partial charge in [-0.25, -0.2) is 0 Å². The van der Waals surface area contributed by atoms with E-state index in [4.69, 9.17) is 9.47 Å². The van der Waals surface area contributed by atoms with Gasteiger partial charge in [0.1, 0.15) is 11.5 Å². The van der Waals surface area contributed by atoms with Crippen molar-refractivity contribution in [1.29, 1.82) is 0 Å². The molecule has 0 aliphatic heterocycles. The van der Waals surface area contributed by atoms with E-state index in [0.717, 1.165) is 27.1 Å². The second-order valence-electron chi connectivity index (χ2n) is 4.46. The molecular weight excluding hydrogens is 320 g/mol. The van der Waals surface area contributed by atoms with Gasteiger partial charge in [-0.15, -0.1) is 0 Å². The fourth-order valence-corrected chi connectivity index (χ4v) is 2.66. The van der Waals surface area contributed by atoms with Crippen molar-refractivity contribution in [2.24, 2.45) is 0 Å². The zero-order valence-corrected chi connectivity index (χ0v) is 13.1. The molecule has 0 heterocycles. The molecule has 0 aliphatic rings. The summed E-state index contributed by atoms with van der Waals surface area (Å²) in [6, 6.07) is 13.3. The molecule has 2 rings (SSSR count). The molecule has 106 valence electrons. The van der Waals surface area contributed by atoms with Crippen LogP contribution in [0.15, 0.2) is 46.9 Å². The zero-order chi connectivity index (χ0) is 14.5. The second-order valence-corrected chi connectivity index (χ2v) is 5.31. The molecule has 0 radical (unpaired) electrons. The molecule has 2 aromatic carbocycles. The summed E-state index contributed by atoms with van der Waals surface area (Å²) in [6.45, 7) is 0. The first kappa shape index (κ1) is 14.9. The van der Waals surface area contributed by atoms with Crippen molar-refractivity contribution < 1.29 is 14.6 Å². The van der Waals surface area contributed by atoms with Gasteiger partial charge in [0.25, 0.3) is 0 Å². The highest BCUT2D eigenvalue weighted by Gasteiger charge is 2.13. The average Bonchev–Trinajstić information content (AvgIpc) is 2.47. The van der Waals surface area contributed by atoms with Crippen LogP contribution in [0.1, 0.15) is 17.2 Å². The minimum Gasteiger partial charge on any atom is -0.497 e. The Morgan fingerprint density at radius 1 is 1.05 bits per heavy atom. The molecule has 0 bridgehead atoms. The molecule has 0 saturated carbocycles. The number of halogens is 1. The third-order valence-corrected chi connectivity index (χ3v) is 3.82. The van der Waals surface area contributed by atoms with Gasteiger partial charge in [-0.05, 0) is 35.4 Å². The highest BCUT2D eigenvalue weighted by molar-refractivity contribution is 9.10. The van der Waals surface area contributed by atoms with Crippen LogP contribution in [0.4, 0.5) is 0 Å². The summed E-state index contributed by atoms with van der Waals surface area (Å²) in [4.78, 5) is 0. The molecule has 0 spiro atoms. The van der Waals surface area contributed by atoms with Gasteiger partial charge >= 0.3 is 0 Å². The van der Waals surface area contributed by atoms with Crippen LogP contribution in [0.3, 0.4) is 0 Å². The highest BCUT2D eigenvalue weighted by atomic mass is 79.9. The van der Waals surface area contributed by atoms with Gasteiger partial charge in [0.15, 0.2) is 0 Å². The summed E-state index contributed by atoms with van der Waals surface area (Å²) < 4.78 is 11.2. The Morgan fingerprint density at radius 2 is 1.75 bits per heavy atom. The minimum atomic E-state index is -0.581. The van der Waals surface area contributed by atoms with Crippen LogP contribution in [0.25, 0.3) is 0 Å². The molecule has 3 nitrogen and oxygen atoms in total. The number of ether oxygens (including phenoxy) is 2. The third kappa shape index (κ3) is 3.52. The molecule has 0 aromatic heterocycles. The summed E-state index contributed by atoms with van der Waals surface area (Å²) in [5, 5.41) is 10.4. The van der Waals surface area contributed by atoms with Crippen molar-refractivity contribution in [2.45, 2.75) is 12.5 Å². The Kier molecular flexibility index (Phi) is 5.04. The monoisotopic (exact) mass is 336 g/mol. The molecule has 1 N–H and O–H groups in total. The average molecular weight is 337 g/mol. The molecule has 0 amide bonds. The summed E-state index contributed by atoms with van der Waals surface area (Å²) in [5.41, 5.74) is 1.87. The highest BCUT2D eigenvalue weighted by Crippen LogP contribution is 2.30. The Morgan fingerprint density at radius 3 is 2.40 bits per heavy atom. The van der Waals surface area contributed by atoms with E-state index in [1.165, 1.54) is 0 Å². The van der Waals surface area contributed by atoms with Gasteiger partial charge in [0, 0.05) is 10.9 Å². The fourth-order valence-electron chi connectivity index (χ4n) is 2.04. The first-order valence-corrected chi connectivity index (χ1v) is 7.07. The molecular formula is C16H17BrO3. The van der Waals surface area contributed by atoms with Crippen molar-refractivity contribution in [3.8, 4) is 11.5 Å². The van der Waals surface area contributed by atoms with Gasteiger partial charge < -0.3 is 14.6 Å². The van der Waals surface area contributed by atoms with Gasteiger partial charge in [0.05, 0.1) is 20.3 Å². The lowest BCUT2D eigenvalue weighted by Gasteiger charge is -2.14. The lowest BCUT2D eigenvalue weighted by molar-refractivity contribution is 0.177. The molecule has 0 aliphatic carbocycles. The quantitative estimate of drug-likeness (QED) is 0.903. The Bertz CT molecular complexity index is 584. The summed E-state index contributed by atoms with van der Waals surface area (Å²) in [5.74, 6) is 1.55. The maximum atomic E-state index is 10.4. The van der Waals surface area contributed by atoms with Crippen molar-refractivity contribution >= 4 is 15.9 Å². The molecule has 0 saturated heterocycles.